The summed E-state index contributed by atoms with van der Waals surface area (Å²) in [5, 5.41) is 3.14. The lowest BCUT2D eigenvalue weighted by atomic mass is 10.2. The highest BCUT2D eigenvalue weighted by Gasteiger charge is 2.09. The highest BCUT2D eigenvalue weighted by Crippen LogP contribution is 2.33. The fourth-order valence-electron chi connectivity index (χ4n) is 1.90. The molecule has 112 valence electrons. The van der Waals surface area contributed by atoms with Crippen LogP contribution in [0.4, 0.5) is 21.5 Å². The molecule has 0 amide bonds. The van der Waals surface area contributed by atoms with Crippen molar-refractivity contribution < 1.29 is 13.9 Å². The van der Waals surface area contributed by atoms with Gasteiger partial charge in [0, 0.05) is 11.8 Å². The van der Waals surface area contributed by atoms with Gasteiger partial charge in [-0.3, -0.25) is 0 Å². The normalized spacial score (nSPS) is 10.5. The standard InChI is InChI=1S/C16H19FN2O2/c1-10(2)21-14-6-4-5-13(16(14)18)19-11-7-8-12(17)15(9-11)20-3/h4-10,19H,18H2,1-3H3. The highest BCUT2D eigenvalue weighted by molar-refractivity contribution is 5.77. The van der Waals surface area contributed by atoms with Crippen LogP contribution in [0.15, 0.2) is 36.4 Å². The van der Waals surface area contributed by atoms with Gasteiger partial charge >= 0.3 is 0 Å². The molecule has 2 rings (SSSR count). The van der Waals surface area contributed by atoms with E-state index in [-0.39, 0.29) is 11.9 Å². The summed E-state index contributed by atoms with van der Waals surface area (Å²) >= 11 is 0. The quantitative estimate of drug-likeness (QED) is 0.819. The second-order valence-electron chi connectivity index (χ2n) is 4.86. The fraction of sp³-hybridized carbons (Fsp3) is 0.250. The Morgan fingerprint density at radius 3 is 2.57 bits per heavy atom. The zero-order chi connectivity index (χ0) is 15.4. The maximum absolute atomic E-state index is 13.4. The minimum atomic E-state index is -0.409. The largest absolute Gasteiger partial charge is 0.494 e. The summed E-state index contributed by atoms with van der Waals surface area (Å²) in [6.07, 6.45) is 0.0356. The predicted octanol–water partition coefficient (Wildman–Crippen LogP) is 3.95. The van der Waals surface area contributed by atoms with Crippen LogP contribution in [0.3, 0.4) is 0 Å². The predicted molar refractivity (Wildman–Crippen MR) is 82.9 cm³/mol. The molecule has 0 aliphatic rings. The molecule has 0 bridgehead atoms. The van der Waals surface area contributed by atoms with Crippen molar-refractivity contribution in [2.45, 2.75) is 20.0 Å². The average Bonchev–Trinajstić information content (AvgIpc) is 2.44. The molecule has 0 unspecified atom stereocenters. The van der Waals surface area contributed by atoms with Crippen molar-refractivity contribution in [3.63, 3.8) is 0 Å². The minimum Gasteiger partial charge on any atom is -0.494 e. The molecule has 0 saturated carbocycles. The van der Waals surface area contributed by atoms with E-state index in [1.54, 1.807) is 12.1 Å². The zero-order valence-electron chi connectivity index (χ0n) is 12.3. The van der Waals surface area contributed by atoms with Crippen molar-refractivity contribution in [2.75, 3.05) is 18.2 Å². The molecule has 0 atom stereocenters. The van der Waals surface area contributed by atoms with E-state index in [1.165, 1.54) is 13.2 Å². The lowest BCUT2D eigenvalue weighted by Gasteiger charge is -2.16. The smallest absolute Gasteiger partial charge is 0.165 e. The van der Waals surface area contributed by atoms with E-state index >= 15 is 0 Å². The van der Waals surface area contributed by atoms with Crippen molar-refractivity contribution in [1.29, 1.82) is 0 Å². The van der Waals surface area contributed by atoms with Crippen LogP contribution in [0.5, 0.6) is 11.5 Å². The number of rotatable bonds is 5. The number of para-hydroxylation sites is 1. The molecule has 2 aromatic rings. The number of hydrogen-bond donors (Lipinski definition) is 2. The summed E-state index contributed by atoms with van der Waals surface area (Å²) in [6, 6.07) is 10.0. The van der Waals surface area contributed by atoms with Crippen LogP contribution in [0.25, 0.3) is 0 Å². The molecular weight excluding hydrogens is 271 g/mol. The molecular formula is C16H19FN2O2. The SMILES string of the molecule is COc1cc(Nc2cccc(OC(C)C)c2N)ccc1F. The topological polar surface area (TPSA) is 56.5 Å². The van der Waals surface area contributed by atoms with E-state index < -0.39 is 5.82 Å². The van der Waals surface area contributed by atoms with Crippen LogP contribution >= 0.6 is 0 Å². The first-order valence-electron chi connectivity index (χ1n) is 6.67. The lowest BCUT2D eigenvalue weighted by Crippen LogP contribution is -2.08. The molecule has 0 radical (unpaired) electrons. The summed E-state index contributed by atoms with van der Waals surface area (Å²) in [4.78, 5) is 0. The van der Waals surface area contributed by atoms with Gasteiger partial charge < -0.3 is 20.5 Å². The lowest BCUT2D eigenvalue weighted by molar-refractivity contribution is 0.244. The third kappa shape index (κ3) is 3.56. The third-order valence-corrected chi connectivity index (χ3v) is 2.86. The number of hydrogen-bond acceptors (Lipinski definition) is 4. The number of anilines is 3. The minimum absolute atomic E-state index is 0.0356. The molecule has 0 heterocycles. The molecule has 21 heavy (non-hydrogen) atoms. The highest BCUT2D eigenvalue weighted by atomic mass is 19.1. The Kier molecular flexibility index (Phi) is 4.52. The molecule has 0 aliphatic carbocycles. The van der Waals surface area contributed by atoms with Gasteiger partial charge in [-0.15, -0.1) is 0 Å². The number of methoxy groups -OCH3 is 1. The molecule has 0 fully saturated rings. The fourth-order valence-corrected chi connectivity index (χ4v) is 1.90. The summed E-state index contributed by atoms with van der Waals surface area (Å²) < 4.78 is 24.0. The van der Waals surface area contributed by atoms with E-state index in [0.29, 0.717) is 22.8 Å². The van der Waals surface area contributed by atoms with Gasteiger partial charge in [0.15, 0.2) is 11.6 Å². The second-order valence-corrected chi connectivity index (χ2v) is 4.86. The van der Waals surface area contributed by atoms with Gasteiger partial charge in [0.05, 0.1) is 24.6 Å². The molecule has 4 nitrogen and oxygen atoms in total. The number of halogens is 1. The first-order valence-corrected chi connectivity index (χ1v) is 6.67. The summed E-state index contributed by atoms with van der Waals surface area (Å²) in [7, 11) is 1.42. The molecule has 5 heteroatoms. The van der Waals surface area contributed by atoms with Crippen molar-refractivity contribution in [2.24, 2.45) is 0 Å². The van der Waals surface area contributed by atoms with E-state index in [4.69, 9.17) is 15.2 Å². The number of ether oxygens (including phenoxy) is 2. The maximum Gasteiger partial charge on any atom is 0.165 e. The van der Waals surface area contributed by atoms with Gasteiger partial charge in [0.1, 0.15) is 5.75 Å². The molecule has 0 spiro atoms. The number of nitrogens with two attached hydrogens (primary N) is 1. The molecule has 0 saturated heterocycles. The van der Waals surface area contributed by atoms with Gasteiger partial charge in [0.25, 0.3) is 0 Å². The van der Waals surface area contributed by atoms with Crippen LogP contribution in [0.2, 0.25) is 0 Å². The van der Waals surface area contributed by atoms with Gasteiger partial charge in [-0.1, -0.05) is 6.07 Å². The zero-order valence-corrected chi connectivity index (χ0v) is 12.3. The Morgan fingerprint density at radius 2 is 1.90 bits per heavy atom. The first-order chi connectivity index (χ1) is 10.0. The van der Waals surface area contributed by atoms with Crippen LogP contribution < -0.4 is 20.5 Å². The van der Waals surface area contributed by atoms with E-state index in [9.17, 15) is 4.39 Å². The Bertz CT molecular complexity index is 630. The molecule has 3 N–H and O–H groups in total. The van der Waals surface area contributed by atoms with Gasteiger partial charge in [0.2, 0.25) is 0 Å². The Labute approximate surface area is 123 Å². The van der Waals surface area contributed by atoms with Crippen LogP contribution in [-0.2, 0) is 0 Å². The maximum atomic E-state index is 13.4. The molecule has 0 aliphatic heterocycles. The second kappa shape index (κ2) is 6.35. The van der Waals surface area contributed by atoms with E-state index in [1.807, 2.05) is 32.0 Å². The average molecular weight is 290 g/mol. The monoisotopic (exact) mass is 290 g/mol. The Morgan fingerprint density at radius 1 is 1.14 bits per heavy atom. The number of nitrogens with one attached hydrogen (secondary N) is 1. The Hall–Kier alpha value is -2.43. The third-order valence-electron chi connectivity index (χ3n) is 2.86. The Balaban J connectivity index is 2.27. The van der Waals surface area contributed by atoms with Crippen LogP contribution in [0.1, 0.15) is 13.8 Å². The van der Waals surface area contributed by atoms with Crippen molar-refractivity contribution in [1.82, 2.24) is 0 Å². The van der Waals surface area contributed by atoms with Crippen LogP contribution in [0, 0.1) is 5.82 Å². The van der Waals surface area contributed by atoms with E-state index in [0.717, 1.165) is 0 Å². The van der Waals surface area contributed by atoms with Gasteiger partial charge in [-0.05, 0) is 38.1 Å². The van der Waals surface area contributed by atoms with Gasteiger partial charge in [-0.25, -0.2) is 4.39 Å². The van der Waals surface area contributed by atoms with Crippen molar-refractivity contribution in [3.8, 4) is 11.5 Å². The first kappa shape index (κ1) is 15.0. The molecule has 0 aromatic heterocycles. The number of benzene rings is 2. The van der Waals surface area contributed by atoms with Crippen molar-refractivity contribution in [3.05, 3.63) is 42.2 Å². The van der Waals surface area contributed by atoms with Crippen molar-refractivity contribution >= 4 is 17.1 Å². The summed E-state index contributed by atoms with van der Waals surface area (Å²) in [6.45, 7) is 3.87. The summed E-state index contributed by atoms with van der Waals surface area (Å²) in [5.41, 5.74) is 7.97. The molecule has 2 aromatic carbocycles. The van der Waals surface area contributed by atoms with Crippen LogP contribution in [-0.4, -0.2) is 13.2 Å². The van der Waals surface area contributed by atoms with E-state index in [2.05, 4.69) is 5.32 Å². The number of nitrogen functional groups attached to an aromatic ring is 1. The summed E-state index contributed by atoms with van der Waals surface area (Å²) in [5.74, 6) is 0.380. The van der Waals surface area contributed by atoms with Gasteiger partial charge in [-0.2, -0.15) is 0 Å².